The molecule has 1 aliphatic heterocycles. The first kappa shape index (κ1) is 19.6. The van der Waals surface area contributed by atoms with Crippen molar-refractivity contribution in [2.75, 3.05) is 19.5 Å². The van der Waals surface area contributed by atoms with Crippen LogP contribution in [0.3, 0.4) is 0 Å². The van der Waals surface area contributed by atoms with Crippen LogP contribution >= 0.6 is 11.6 Å². The number of fused-ring (bicyclic) bond motifs is 1. The predicted octanol–water partition coefficient (Wildman–Crippen LogP) is 2.66. The lowest BCUT2D eigenvalue weighted by atomic mass is 9.89. The van der Waals surface area contributed by atoms with Crippen LogP contribution in [0.1, 0.15) is 22.0 Å². The molecule has 0 radical (unpaired) electrons. The number of carbonyl (C=O) groups excluding carboxylic acids is 2. The molecule has 9 nitrogen and oxygen atoms in total. The zero-order valence-corrected chi connectivity index (χ0v) is 16.8. The van der Waals surface area contributed by atoms with Crippen molar-refractivity contribution in [1.29, 1.82) is 0 Å². The molecule has 0 saturated carbocycles. The van der Waals surface area contributed by atoms with Crippen LogP contribution in [0.15, 0.2) is 59.8 Å². The van der Waals surface area contributed by atoms with E-state index in [0.717, 1.165) is 0 Å². The maximum absolute atomic E-state index is 13.5. The lowest BCUT2D eigenvalue weighted by Gasteiger charge is -2.28. The summed E-state index contributed by atoms with van der Waals surface area (Å²) in [6.07, 6.45) is 0. The number of tetrazole rings is 1. The van der Waals surface area contributed by atoms with Crippen molar-refractivity contribution in [1.82, 2.24) is 20.2 Å². The van der Waals surface area contributed by atoms with Crippen molar-refractivity contribution >= 4 is 29.3 Å². The minimum Gasteiger partial charge on any atom is -0.497 e. The smallest absolute Gasteiger partial charge is 0.355 e. The summed E-state index contributed by atoms with van der Waals surface area (Å²) >= 11 is 5.96. The molecule has 0 spiro atoms. The third kappa shape index (κ3) is 3.39. The summed E-state index contributed by atoms with van der Waals surface area (Å²) in [5.41, 5.74) is 1.16. The van der Waals surface area contributed by atoms with Crippen molar-refractivity contribution in [3.63, 3.8) is 0 Å². The highest BCUT2D eigenvalue weighted by molar-refractivity contribution is 6.30. The van der Waals surface area contributed by atoms with Gasteiger partial charge in [-0.25, -0.2) is 4.79 Å². The molecule has 2 heterocycles. The standard InChI is InChI=1S/C20H16ClN5O4/c1-29-14-9-5-11(6-10-14)17-15(18(27)12-3-7-13(21)8-4-12)16(19(28)30-2)22-20-23-24-25-26(17)20/h3-10,17H,1-2H3,(H,22,23,25)/t17-/m0/s1. The minimum atomic E-state index is -0.764. The fraction of sp³-hybridized carbons (Fsp3) is 0.150. The maximum Gasteiger partial charge on any atom is 0.355 e. The van der Waals surface area contributed by atoms with Crippen LogP contribution in [0.25, 0.3) is 0 Å². The molecule has 1 aromatic heterocycles. The van der Waals surface area contributed by atoms with Gasteiger partial charge in [0.05, 0.1) is 19.8 Å². The molecule has 0 saturated heterocycles. The SMILES string of the molecule is COC(=O)C1=C(C(=O)c2ccc(Cl)cc2)[C@H](c2ccc(OC)cc2)n2nnnc2N1. The molecule has 1 atom stereocenters. The average Bonchev–Trinajstić information content (AvgIpc) is 3.26. The van der Waals surface area contributed by atoms with Gasteiger partial charge in [0.1, 0.15) is 17.5 Å². The summed E-state index contributed by atoms with van der Waals surface area (Å²) in [6.45, 7) is 0. The number of benzene rings is 2. The number of rotatable bonds is 5. The second-order valence-corrected chi connectivity index (χ2v) is 6.80. The first-order valence-corrected chi connectivity index (χ1v) is 9.23. The summed E-state index contributed by atoms with van der Waals surface area (Å²) in [5, 5.41) is 14.9. The summed E-state index contributed by atoms with van der Waals surface area (Å²) in [7, 11) is 2.80. The van der Waals surface area contributed by atoms with Gasteiger partial charge in [-0.1, -0.05) is 28.8 Å². The number of ether oxygens (including phenoxy) is 2. The maximum atomic E-state index is 13.5. The van der Waals surface area contributed by atoms with Gasteiger partial charge in [0.25, 0.3) is 0 Å². The van der Waals surface area contributed by atoms with E-state index in [9.17, 15) is 9.59 Å². The summed E-state index contributed by atoms with van der Waals surface area (Å²) < 4.78 is 11.6. The van der Waals surface area contributed by atoms with Crippen molar-refractivity contribution < 1.29 is 19.1 Å². The van der Waals surface area contributed by atoms with Crippen LogP contribution < -0.4 is 10.1 Å². The number of aromatic nitrogens is 4. The Morgan fingerprint density at radius 3 is 2.40 bits per heavy atom. The number of anilines is 1. The van der Waals surface area contributed by atoms with Crippen LogP contribution in [0, 0.1) is 0 Å². The number of nitrogens with zero attached hydrogens (tertiary/aromatic N) is 4. The van der Waals surface area contributed by atoms with Crippen molar-refractivity contribution in [3.05, 3.63) is 76.0 Å². The predicted molar refractivity (Wildman–Crippen MR) is 107 cm³/mol. The van der Waals surface area contributed by atoms with Crippen LogP contribution in [-0.2, 0) is 9.53 Å². The number of halogens is 1. The van der Waals surface area contributed by atoms with Gasteiger partial charge < -0.3 is 14.8 Å². The van der Waals surface area contributed by atoms with Gasteiger partial charge in [-0.2, -0.15) is 4.68 Å². The van der Waals surface area contributed by atoms with Gasteiger partial charge >= 0.3 is 5.97 Å². The molecule has 1 aliphatic rings. The Kier molecular flexibility index (Phi) is 5.20. The molecule has 2 aromatic carbocycles. The Morgan fingerprint density at radius 2 is 1.77 bits per heavy atom. The molecule has 0 amide bonds. The lowest BCUT2D eigenvalue weighted by molar-refractivity contribution is -0.136. The number of Topliss-reactive ketones (excluding diaryl/α,β-unsaturated/α-hetero) is 1. The molecular formula is C20H16ClN5O4. The molecule has 152 valence electrons. The van der Waals surface area contributed by atoms with Gasteiger partial charge in [-0.05, 0) is 52.4 Å². The van der Waals surface area contributed by atoms with Crippen molar-refractivity contribution in [2.45, 2.75) is 6.04 Å². The largest absolute Gasteiger partial charge is 0.497 e. The highest BCUT2D eigenvalue weighted by atomic mass is 35.5. The zero-order valence-electron chi connectivity index (χ0n) is 16.0. The van der Waals surface area contributed by atoms with Crippen LogP contribution in [0.2, 0.25) is 5.02 Å². The van der Waals surface area contributed by atoms with Crippen LogP contribution in [0.4, 0.5) is 5.95 Å². The van der Waals surface area contributed by atoms with E-state index in [0.29, 0.717) is 21.9 Å². The molecule has 0 aliphatic carbocycles. The molecule has 0 unspecified atom stereocenters. The molecule has 4 rings (SSSR count). The summed E-state index contributed by atoms with van der Waals surface area (Å²) in [4.78, 5) is 26.1. The Balaban J connectivity index is 1.92. The Bertz CT molecular complexity index is 1140. The van der Waals surface area contributed by atoms with Gasteiger partial charge in [-0.15, -0.1) is 0 Å². The third-order valence-electron chi connectivity index (χ3n) is 4.69. The van der Waals surface area contributed by atoms with E-state index in [-0.39, 0.29) is 23.0 Å². The number of hydrogen-bond acceptors (Lipinski definition) is 8. The second kappa shape index (κ2) is 7.96. The molecule has 3 aromatic rings. The Morgan fingerprint density at radius 1 is 1.07 bits per heavy atom. The molecule has 0 bridgehead atoms. The van der Waals surface area contributed by atoms with E-state index in [1.807, 2.05) is 0 Å². The van der Waals surface area contributed by atoms with E-state index in [2.05, 4.69) is 20.8 Å². The summed E-state index contributed by atoms with van der Waals surface area (Å²) in [5.74, 6) is -0.238. The third-order valence-corrected chi connectivity index (χ3v) is 4.94. The lowest BCUT2D eigenvalue weighted by Crippen LogP contribution is -2.32. The zero-order chi connectivity index (χ0) is 21.3. The van der Waals surface area contributed by atoms with Gasteiger partial charge in [0.15, 0.2) is 5.78 Å². The molecule has 1 N–H and O–H groups in total. The first-order valence-electron chi connectivity index (χ1n) is 8.85. The number of nitrogens with one attached hydrogen (secondary N) is 1. The topological polar surface area (TPSA) is 108 Å². The highest BCUT2D eigenvalue weighted by Gasteiger charge is 2.38. The number of methoxy groups -OCH3 is 2. The normalized spacial score (nSPS) is 15.2. The van der Waals surface area contributed by atoms with E-state index in [1.54, 1.807) is 55.6 Å². The fourth-order valence-corrected chi connectivity index (χ4v) is 3.37. The van der Waals surface area contributed by atoms with Crippen LogP contribution in [-0.4, -0.2) is 46.2 Å². The Hall–Kier alpha value is -3.72. The second-order valence-electron chi connectivity index (χ2n) is 6.36. The monoisotopic (exact) mass is 425 g/mol. The number of carbonyl (C=O) groups is 2. The van der Waals surface area contributed by atoms with E-state index in [4.69, 9.17) is 21.1 Å². The number of ketones is 1. The minimum absolute atomic E-state index is 0.0273. The summed E-state index contributed by atoms with van der Waals surface area (Å²) in [6, 6.07) is 12.7. The number of allylic oxidation sites excluding steroid dienone is 1. The van der Waals surface area contributed by atoms with Crippen molar-refractivity contribution in [2.24, 2.45) is 0 Å². The van der Waals surface area contributed by atoms with Gasteiger partial charge in [0, 0.05) is 10.6 Å². The first-order chi connectivity index (χ1) is 14.5. The molecule has 0 fully saturated rings. The van der Waals surface area contributed by atoms with Crippen LogP contribution in [0.5, 0.6) is 5.75 Å². The van der Waals surface area contributed by atoms with E-state index < -0.39 is 12.0 Å². The molecule has 30 heavy (non-hydrogen) atoms. The highest BCUT2D eigenvalue weighted by Crippen LogP contribution is 2.37. The number of hydrogen-bond donors (Lipinski definition) is 1. The molecular weight excluding hydrogens is 410 g/mol. The van der Waals surface area contributed by atoms with Gasteiger partial charge in [-0.3, -0.25) is 4.79 Å². The number of esters is 1. The van der Waals surface area contributed by atoms with E-state index in [1.165, 1.54) is 11.8 Å². The van der Waals surface area contributed by atoms with Crippen molar-refractivity contribution in [3.8, 4) is 5.75 Å². The van der Waals surface area contributed by atoms with Gasteiger partial charge in [0.2, 0.25) is 5.95 Å². The quantitative estimate of drug-likeness (QED) is 0.491. The average molecular weight is 426 g/mol. The van der Waals surface area contributed by atoms with E-state index >= 15 is 0 Å². The molecule has 10 heteroatoms. The fourth-order valence-electron chi connectivity index (χ4n) is 3.24. The Labute approximate surface area is 176 Å².